The smallest absolute Gasteiger partial charge is 0.433 e. The molecule has 0 bridgehead atoms. The van der Waals surface area contributed by atoms with Crippen molar-refractivity contribution in [2.75, 3.05) is 7.11 Å². The molecular weight excluding hydrogens is 354 g/mol. The SMILES string of the molecule is COC(=O)N(O)[C@H]1CC=C[C@@H]1Cc1cccc(Oc2ccc(Cl)cc2)c1. The van der Waals surface area contributed by atoms with Crippen molar-refractivity contribution in [1.29, 1.82) is 0 Å². The van der Waals surface area contributed by atoms with Gasteiger partial charge in [-0.15, -0.1) is 0 Å². The molecule has 6 heteroatoms. The van der Waals surface area contributed by atoms with Gasteiger partial charge in [-0.25, -0.2) is 4.79 Å². The summed E-state index contributed by atoms with van der Waals surface area (Å²) in [6.07, 6.45) is 4.51. The van der Waals surface area contributed by atoms with Crippen molar-refractivity contribution in [3.05, 3.63) is 71.3 Å². The Hall–Kier alpha value is -2.50. The Morgan fingerprint density at radius 3 is 2.73 bits per heavy atom. The molecular formula is C20H20ClNO4. The van der Waals surface area contributed by atoms with Crippen molar-refractivity contribution in [2.45, 2.75) is 18.9 Å². The number of hydrogen-bond acceptors (Lipinski definition) is 4. The maximum absolute atomic E-state index is 11.6. The van der Waals surface area contributed by atoms with Crippen LogP contribution in [0.2, 0.25) is 5.02 Å². The molecule has 136 valence electrons. The molecule has 0 aromatic heterocycles. The number of benzene rings is 2. The van der Waals surface area contributed by atoms with Crippen LogP contribution in [0, 0.1) is 5.92 Å². The average molecular weight is 374 g/mol. The number of rotatable bonds is 5. The number of nitrogens with zero attached hydrogens (tertiary/aromatic N) is 1. The summed E-state index contributed by atoms with van der Waals surface area (Å²) in [6.45, 7) is 0. The third-order valence-electron chi connectivity index (χ3n) is 4.35. The lowest BCUT2D eigenvalue weighted by atomic mass is 9.94. The molecule has 1 aliphatic carbocycles. The highest BCUT2D eigenvalue weighted by Gasteiger charge is 2.31. The molecule has 0 radical (unpaired) electrons. The topological polar surface area (TPSA) is 59.0 Å². The van der Waals surface area contributed by atoms with Crippen LogP contribution in [0.25, 0.3) is 0 Å². The molecule has 2 atom stereocenters. The lowest BCUT2D eigenvalue weighted by Gasteiger charge is -2.26. The van der Waals surface area contributed by atoms with Gasteiger partial charge in [-0.2, -0.15) is 5.06 Å². The molecule has 0 saturated carbocycles. The molecule has 0 unspecified atom stereocenters. The standard InChI is InChI=1S/C20H20ClNO4/c1-25-20(23)22(24)19-7-3-5-15(19)12-14-4-2-6-18(13-14)26-17-10-8-16(21)9-11-17/h2-6,8-11,13,15,19,24H,7,12H2,1H3/t15-,19+/m1/s1. The summed E-state index contributed by atoms with van der Waals surface area (Å²) in [6, 6.07) is 14.6. The highest BCUT2D eigenvalue weighted by Crippen LogP contribution is 2.29. The first kappa shape index (κ1) is 18.3. The van der Waals surface area contributed by atoms with E-state index in [4.69, 9.17) is 16.3 Å². The molecule has 1 N–H and O–H groups in total. The van der Waals surface area contributed by atoms with Crippen LogP contribution < -0.4 is 4.74 Å². The zero-order chi connectivity index (χ0) is 18.5. The molecule has 2 aromatic carbocycles. The highest BCUT2D eigenvalue weighted by molar-refractivity contribution is 6.30. The van der Waals surface area contributed by atoms with Crippen LogP contribution in [0.4, 0.5) is 4.79 Å². The molecule has 2 aromatic rings. The van der Waals surface area contributed by atoms with E-state index in [0.29, 0.717) is 28.7 Å². The zero-order valence-electron chi connectivity index (χ0n) is 14.3. The van der Waals surface area contributed by atoms with Gasteiger partial charge in [0.15, 0.2) is 0 Å². The van der Waals surface area contributed by atoms with Gasteiger partial charge in [0, 0.05) is 10.9 Å². The minimum absolute atomic E-state index is 0.00452. The quantitative estimate of drug-likeness (QED) is 0.451. The van der Waals surface area contributed by atoms with Gasteiger partial charge in [0.25, 0.3) is 0 Å². The van der Waals surface area contributed by atoms with Crippen molar-refractivity contribution < 1.29 is 19.5 Å². The largest absolute Gasteiger partial charge is 0.457 e. The number of halogens is 1. The summed E-state index contributed by atoms with van der Waals surface area (Å²) in [5.41, 5.74) is 1.05. The molecule has 26 heavy (non-hydrogen) atoms. The van der Waals surface area contributed by atoms with Gasteiger partial charge in [0.05, 0.1) is 13.2 Å². The van der Waals surface area contributed by atoms with Gasteiger partial charge in [-0.05, 0) is 54.8 Å². The van der Waals surface area contributed by atoms with E-state index in [1.165, 1.54) is 7.11 Å². The first-order valence-electron chi connectivity index (χ1n) is 8.32. The fourth-order valence-corrected chi connectivity index (χ4v) is 3.18. The maximum atomic E-state index is 11.6. The Labute approximate surface area is 157 Å². The van der Waals surface area contributed by atoms with E-state index in [1.54, 1.807) is 12.1 Å². The molecule has 3 rings (SSSR count). The average Bonchev–Trinajstić information content (AvgIpc) is 3.10. The number of hydroxylamine groups is 2. The van der Waals surface area contributed by atoms with Gasteiger partial charge >= 0.3 is 6.09 Å². The Bertz CT molecular complexity index is 791. The second-order valence-corrected chi connectivity index (χ2v) is 6.55. The van der Waals surface area contributed by atoms with E-state index in [1.807, 2.05) is 48.6 Å². The lowest BCUT2D eigenvalue weighted by Crippen LogP contribution is -2.40. The summed E-state index contributed by atoms with van der Waals surface area (Å²) >= 11 is 5.89. The van der Waals surface area contributed by atoms with Crippen molar-refractivity contribution in [1.82, 2.24) is 5.06 Å². The Morgan fingerprint density at radius 1 is 1.23 bits per heavy atom. The van der Waals surface area contributed by atoms with Gasteiger partial charge < -0.3 is 9.47 Å². The number of methoxy groups -OCH3 is 1. The number of amides is 1. The summed E-state index contributed by atoms with van der Waals surface area (Å²) < 4.78 is 10.5. The molecule has 5 nitrogen and oxygen atoms in total. The summed E-state index contributed by atoms with van der Waals surface area (Å²) in [7, 11) is 1.25. The Morgan fingerprint density at radius 2 is 2.00 bits per heavy atom. The predicted octanol–water partition coefficient (Wildman–Crippen LogP) is 5.08. The third-order valence-corrected chi connectivity index (χ3v) is 4.60. The molecule has 1 aliphatic rings. The van der Waals surface area contributed by atoms with E-state index < -0.39 is 6.09 Å². The Kier molecular flexibility index (Phi) is 5.81. The van der Waals surface area contributed by atoms with Crippen LogP contribution in [0.15, 0.2) is 60.7 Å². The van der Waals surface area contributed by atoms with Crippen LogP contribution in [0.5, 0.6) is 11.5 Å². The van der Waals surface area contributed by atoms with Crippen molar-refractivity contribution in [2.24, 2.45) is 5.92 Å². The van der Waals surface area contributed by atoms with Crippen LogP contribution in [-0.2, 0) is 11.2 Å². The number of ether oxygens (including phenoxy) is 2. The first-order chi connectivity index (χ1) is 12.6. The second kappa shape index (κ2) is 8.25. The molecule has 0 aliphatic heterocycles. The van der Waals surface area contributed by atoms with Gasteiger partial charge in [0.2, 0.25) is 0 Å². The first-order valence-corrected chi connectivity index (χ1v) is 8.69. The van der Waals surface area contributed by atoms with E-state index in [-0.39, 0.29) is 12.0 Å². The zero-order valence-corrected chi connectivity index (χ0v) is 15.1. The minimum Gasteiger partial charge on any atom is -0.457 e. The molecule has 0 fully saturated rings. The predicted molar refractivity (Wildman–Crippen MR) is 98.7 cm³/mol. The number of carbonyl (C=O) groups excluding carboxylic acids is 1. The van der Waals surface area contributed by atoms with Crippen molar-refractivity contribution in [3.63, 3.8) is 0 Å². The van der Waals surface area contributed by atoms with Gasteiger partial charge in [-0.3, -0.25) is 5.21 Å². The van der Waals surface area contributed by atoms with E-state index in [9.17, 15) is 10.0 Å². The fourth-order valence-electron chi connectivity index (χ4n) is 3.06. The molecule has 0 saturated heterocycles. The van der Waals surface area contributed by atoms with Crippen molar-refractivity contribution >= 4 is 17.7 Å². The van der Waals surface area contributed by atoms with Crippen LogP contribution in [0.1, 0.15) is 12.0 Å². The van der Waals surface area contributed by atoms with Crippen LogP contribution in [0.3, 0.4) is 0 Å². The normalized spacial score (nSPS) is 18.6. The van der Waals surface area contributed by atoms with Crippen LogP contribution >= 0.6 is 11.6 Å². The lowest BCUT2D eigenvalue weighted by molar-refractivity contribution is -0.107. The second-order valence-electron chi connectivity index (χ2n) is 6.12. The maximum Gasteiger partial charge on any atom is 0.433 e. The summed E-state index contributed by atoms with van der Waals surface area (Å²) in [5, 5.41) is 11.4. The number of carbonyl (C=O) groups is 1. The van der Waals surface area contributed by atoms with E-state index in [0.717, 1.165) is 11.3 Å². The molecule has 1 amide bonds. The van der Waals surface area contributed by atoms with Crippen molar-refractivity contribution in [3.8, 4) is 11.5 Å². The fraction of sp³-hybridized carbons (Fsp3) is 0.250. The van der Waals surface area contributed by atoms with Gasteiger partial charge in [0.1, 0.15) is 11.5 Å². The Balaban J connectivity index is 1.69. The van der Waals surface area contributed by atoms with Gasteiger partial charge in [-0.1, -0.05) is 35.9 Å². The number of hydrogen-bond donors (Lipinski definition) is 1. The van der Waals surface area contributed by atoms with E-state index >= 15 is 0 Å². The van der Waals surface area contributed by atoms with E-state index in [2.05, 4.69) is 4.74 Å². The van der Waals surface area contributed by atoms with Crippen LogP contribution in [-0.4, -0.2) is 29.5 Å². The molecule has 0 spiro atoms. The minimum atomic E-state index is -0.747. The summed E-state index contributed by atoms with van der Waals surface area (Å²) in [5.74, 6) is 1.43. The highest BCUT2D eigenvalue weighted by atomic mass is 35.5. The monoisotopic (exact) mass is 373 g/mol. The summed E-state index contributed by atoms with van der Waals surface area (Å²) in [4.78, 5) is 11.6. The molecule has 0 heterocycles. The third kappa shape index (κ3) is 4.36.